The molecule has 3 aliphatic rings. The van der Waals surface area contributed by atoms with Crippen LogP contribution in [0.4, 0.5) is 5.69 Å². The van der Waals surface area contributed by atoms with Gasteiger partial charge >= 0.3 is 0 Å². The molecule has 0 aliphatic carbocycles. The van der Waals surface area contributed by atoms with Gasteiger partial charge in [-0.25, -0.2) is 0 Å². The molecule has 17 nitrogen and oxygen atoms in total. The molecule has 0 radical (unpaired) electrons. The van der Waals surface area contributed by atoms with Crippen molar-refractivity contribution in [1.29, 1.82) is 0 Å². The number of ether oxygens (including phenoxy) is 3. The van der Waals surface area contributed by atoms with Gasteiger partial charge in [-0.2, -0.15) is 0 Å². The van der Waals surface area contributed by atoms with E-state index in [1.807, 2.05) is 42.8 Å². The summed E-state index contributed by atoms with van der Waals surface area (Å²) in [6.45, 7) is 4.82. The van der Waals surface area contributed by atoms with Gasteiger partial charge in [0.1, 0.15) is 18.4 Å². The van der Waals surface area contributed by atoms with Crippen LogP contribution < -0.4 is 30.2 Å². The normalized spacial score (nSPS) is 15.7. The fourth-order valence-electron chi connectivity index (χ4n) is 7.86. The van der Waals surface area contributed by atoms with E-state index in [9.17, 15) is 28.8 Å². The van der Waals surface area contributed by atoms with Crippen LogP contribution >= 0.6 is 11.3 Å². The SMILES string of the molecule is CCOc1cc(CN2C(=O)c3cccc(NC(=O)CCCc4cn(CCNCc5ccc(OCc6scc7c6CN(C6CCC(=O)NC6=O)C7=O)cc5)nn4)c3C2=O)ccc1OC. The lowest BCUT2D eigenvalue weighted by atomic mass is 10.0. The van der Waals surface area contributed by atoms with Crippen molar-refractivity contribution < 1.29 is 43.0 Å². The molecule has 5 aromatic rings. The number of imide groups is 2. The summed E-state index contributed by atoms with van der Waals surface area (Å²) in [5, 5.41) is 18.9. The van der Waals surface area contributed by atoms with Crippen LogP contribution in [-0.2, 0) is 53.6 Å². The number of anilines is 1. The van der Waals surface area contributed by atoms with Crippen molar-refractivity contribution in [3.63, 3.8) is 0 Å². The summed E-state index contributed by atoms with van der Waals surface area (Å²) in [5.41, 5.74) is 4.70. The minimum atomic E-state index is -0.647. The maximum Gasteiger partial charge on any atom is 0.263 e. The van der Waals surface area contributed by atoms with E-state index in [4.69, 9.17) is 14.2 Å². The number of carbonyl (C=O) groups is 6. The highest BCUT2D eigenvalue weighted by atomic mass is 32.1. The largest absolute Gasteiger partial charge is 0.493 e. The number of hydrogen-bond donors (Lipinski definition) is 3. The van der Waals surface area contributed by atoms with E-state index in [-0.39, 0.29) is 48.2 Å². The highest BCUT2D eigenvalue weighted by molar-refractivity contribution is 7.10. The maximum absolute atomic E-state index is 13.5. The zero-order valence-corrected chi connectivity index (χ0v) is 35.6. The van der Waals surface area contributed by atoms with Crippen LogP contribution in [0.15, 0.2) is 72.2 Å². The molecule has 1 fully saturated rings. The van der Waals surface area contributed by atoms with Gasteiger partial charge < -0.3 is 29.7 Å². The number of methoxy groups -OCH3 is 1. The molecule has 18 heteroatoms. The van der Waals surface area contributed by atoms with E-state index < -0.39 is 23.8 Å². The second-order valence-electron chi connectivity index (χ2n) is 15.3. The van der Waals surface area contributed by atoms with Crippen LogP contribution in [0, 0.1) is 0 Å². The number of thiophene rings is 1. The maximum atomic E-state index is 13.5. The summed E-state index contributed by atoms with van der Waals surface area (Å²) in [5.74, 6) is -0.355. The number of nitrogens with zero attached hydrogens (tertiary/aromatic N) is 5. The zero-order valence-electron chi connectivity index (χ0n) is 34.8. The summed E-state index contributed by atoms with van der Waals surface area (Å²) in [6.07, 6.45) is 3.63. The molecule has 1 saturated heterocycles. The fraction of sp³-hybridized carbons (Fsp3) is 0.333. The molecule has 0 saturated carbocycles. The standard InChI is InChI=1S/C45H46N8O9S/c1-3-61-37-20-28(12-16-36(37)60-2)22-53-43(57)31-7-5-8-34(41(31)45(53)59)47-39(54)9-4-6-29-23-51(50-49-29)19-18-46-21-27-10-13-30(14-11-27)62-25-38-32-24-52(44(58)33(32)26-63-38)35-15-17-40(55)48-42(35)56/h5,7-8,10-14,16,20,23,26,35,46H,3-4,6,9,15,17-19,21-22,24-25H2,1-2H3,(H,47,54)(H,48,55,56). The average Bonchev–Trinajstić information content (AvgIpc) is 4.04. The third-order valence-corrected chi connectivity index (χ3v) is 12.1. The smallest absolute Gasteiger partial charge is 0.263 e. The minimum Gasteiger partial charge on any atom is -0.493 e. The summed E-state index contributed by atoms with van der Waals surface area (Å²) >= 11 is 1.46. The first-order chi connectivity index (χ1) is 30.6. The van der Waals surface area contributed by atoms with E-state index in [0.717, 1.165) is 21.7 Å². The summed E-state index contributed by atoms with van der Waals surface area (Å²) < 4.78 is 18.8. The molecular weight excluding hydrogens is 829 g/mol. The first-order valence-electron chi connectivity index (χ1n) is 20.7. The van der Waals surface area contributed by atoms with Gasteiger partial charge in [-0.3, -0.25) is 43.7 Å². The van der Waals surface area contributed by atoms with Crippen LogP contribution in [-0.4, -0.2) is 86.5 Å². The van der Waals surface area contributed by atoms with Crippen LogP contribution in [0.5, 0.6) is 17.2 Å². The van der Waals surface area contributed by atoms with Crippen LogP contribution in [0.25, 0.3) is 0 Å². The van der Waals surface area contributed by atoms with Crippen molar-refractivity contribution in [3.05, 3.63) is 116 Å². The molecule has 0 bridgehead atoms. The number of nitrogens with one attached hydrogen (secondary N) is 3. The van der Waals surface area contributed by atoms with E-state index >= 15 is 0 Å². The zero-order chi connectivity index (χ0) is 44.0. The molecule has 5 heterocycles. The molecule has 1 unspecified atom stereocenters. The highest BCUT2D eigenvalue weighted by Gasteiger charge is 2.41. The molecular formula is C45H46N8O9S. The minimum absolute atomic E-state index is 0.0369. The number of aromatic nitrogens is 3. The monoisotopic (exact) mass is 874 g/mol. The van der Waals surface area contributed by atoms with Crippen molar-refractivity contribution in [2.75, 3.05) is 25.6 Å². The van der Waals surface area contributed by atoms with Crippen molar-refractivity contribution in [3.8, 4) is 17.2 Å². The Morgan fingerprint density at radius 2 is 1.78 bits per heavy atom. The van der Waals surface area contributed by atoms with E-state index in [0.29, 0.717) is 92.7 Å². The van der Waals surface area contributed by atoms with Crippen molar-refractivity contribution in [2.45, 2.75) is 77.9 Å². The lowest BCUT2D eigenvalue weighted by Gasteiger charge is -2.29. The lowest BCUT2D eigenvalue weighted by Crippen LogP contribution is -2.52. The van der Waals surface area contributed by atoms with Gasteiger partial charge in [0.15, 0.2) is 11.5 Å². The van der Waals surface area contributed by atoms with E-state index in [1.54, 1.807) is 53.1 Å². The van der Waals surface area contributed by atoms with E-state index in [2.05, 4.69) is 26.3 Å². The molecule has 63 heavy (non-hydrogen) atoms. The second-order valence-corrected chi connectivity index (χ2v) is 16.2. The van der Waals surface area contributed by atoms with Gasteiger partial charge in [-0.15, -0.1) is 16.4 Å². The molecule has 2 aromatic heterocycles. The fourth-order valence-corrected chi connectivity index (χ4v) is 8.81. The predicted molar refractivity (Wildman–Crippen MR) is 229 cm³/mol. The van der Waals surface area contributed by atoms with Crippen molar-refractivity contribution >= 4 is 52.5 Å². The third-order valence-electron chi connectivity index (χ3n) is 11.1. The Balaban J connectivity index is 0.740. The number of amides is 6. The number of carbonyl (C=O) groups excluding carboxylic acids is 6. The van der Waals surface area contributed by atoms with Gasteiger partial charge in [-0.05, 0) is 73.7 Å². The Kier molecular flexibility index (Phi) is 12.9. The number of benzene rings is 3. The van der Waals surface area contributed by atoms with E-state index in [1.165, 1.54) is 16.2 Å². The summed E-state index contributed by atoms with van der Waals surface area (Å²) in [6, 6.07) is 17.3. The number of rotatable bonds is 19. The Bertz CT molecular complexity index is 2570. The molecule has 3 N–H and O–H groups in total. The van der Waals surface area contributed by atoms with Crippen LogP contribution in [0.1, 0.15) is 90.9 Å². The van der Waals surface area contributed by atoms with Crippen molar-refractivity contribution in [1.82, 2.24) is 35.4 Å². The number of aryl methyl sites for hydroxylation is 1. The molecule has 1 atom stereocenters. The second kappa shape index (κ2) is 19.0. The first-order valence-corrected chi connectivity index (χ1v) is 21.6. The molecule has 326 valence electrons. The Labute approximate surface area is 366 Å². The third kappa shape index (κ3) is 9.46. The Morgan fingerprint density at radius 3 is 2.57 bits per heavy atom. The predicted octanol–water partition coefficient (Wildman–Crippen LogP) is 4.63. The van der Waals surface area contributed by atoms with Gasteiger partial charge in [0.2, 0.25) is 17.7 Å². The quantitative estimate of drug-likeness (QED) is 0.0768. The molecule has 6 amide bonds. The molecule has 8 rings (SSSR count). The Morgan fingerprint density at radius 1 is 0.952 bits per heavy atom. The molecule has 3 aliphatic heterocycles. The topological polar surface area (TPSA) is 203 Å². The van der Waals surface area contributed by atoms with Gasteiger partial charge in [0.25, 0.3) is 17.7 Å². The summed E-state index contributed by atoms with van der Waals surface area (Å²) in [4.78, 5) is 80.4. The van der Waals surface area contributed by atoms with Gasteiger partial charge in [0, 0.05) is 54.5 Å². The number of piperidine rings is 1. The average molecular weight is 875 g/mol. The van der Waals surface area contributed by atoms with Gasteiger partial charge in [-0.1, -0.05) is 29.5 Å². The highest BCUT2D eigenvalue weighted by Crippen LogP contribution is 2.35. The Hall–Kier alpha value is -6.92. The number of hydrogen-bond acceptors (Lipinski definition) is 13. The summed E-state index contributed by atoms with van der Waals surface area (Å²) in [7, 11) is 1.54. The lowest BCUT2D eigenvalue weighted by molar-refractivity contribution is -0.137. The number of fused-ring (bicyclic) bond motifs is 2. The first kappa shape index (κ1) is 42.8. The van der Waals surface area contributed by atoms with Crippen LogP contribution in [0.2, 0.25) is 0 Å². The van der Waals surface area contributed by atoms with Crippen molar-refractivity contribution in [2.24, 2.45) is 0 Å². The molecule has 0 spiro atoms. The molecule has 3 aromatic carbocycles. The van der Waals surface area contributed by atoms with Gasteiger partial charge in [0.05, 0.1) is 54.9 Å². The van der Waals surface area contributed by atoms with Crippen LogP contribution in [0.3, 0.4) is 0 Å².